The quantitative estimate of drug-likeness (QED) is 0.740. The van der Waals surface area contributed by atoms with E-state index in [1.807, 2.05) is 24.3 Å². The van der Waals surface area contributed by atoms with Gasteiger partial charge in [0, 0.05) is 10.4 Å². The monoisotopic (exact) mass is 284 g/mol. The van der Waals surface area contributed by atoms with Gasteiger partial charge in [-0.2, -0.15) is 0 Å². The number of allylic oxidation sites excluding steroid dienone is 2. The first-order valence-electron chi connectivity index (χ1n) is 6.45. The molecular weight excluding hydrogens is 272 g/mol. The number of Topliss-reactive ketones (excluding diaryl/α,β-unsaturated/α-hetero) is 2. The maximum Gasteiger partial charge on any atom is 0.174 e. The van der Waals surface area contributed by atoms with Crippen LogP contribution in [-0.2, 0) is 9.59 Å². The van der Waals surface area contributed by atoms with Crippen LogP contribution in [0.5, 0.6) is 0 Å². The van der Waals surface area contributed by atoms with Gasteiger partial charge in [0.05, 0.1) is 0 Å². The molecule has 1 aliphatic carbocycles. The van der Waals surface area contributed by atoms with Gasteiger partial charge in [-0.25, -0.2) is 0 Å². The molecule has 0 bridgehead atoms. The van der Waals surface area contributed by atoms with Gasteiger partial charge in [-0.05, 0) is 42.0 Å². The maximum absolute atomic E-state index is 12.3. The highest BCUT2D eigenvalue weighted by Gasteiger charge is 2.38. The highest BCUT2D eigenvalue weighted by atomic mass is 35.5. The number of hydrogen-bond donors (Lipinski definition) is 0. The van der Waals surface area contributed by atoms with E-state index in [1.165, 1.54) is 0 Å². The molecule has 0 radical (unpaired) electrons. The molecule has 0 atom stereocenters. The minimum Gasteiger partial charge on any atom is -0.293 e. The van der Waals surface area contributed by atoms with Crippen LogP contribution in [0.3, 0.4) is 0 Å². The van der Waals surface area contributed by atoms with Crippen LogP contribution in [0.15, 0.2) is 47.5 Å². The normalized spacial score (nSPS) is 16.6. The summed E-state index contributed by atoms with van der Waals surface area (Å²) in [5, 5.41) is 2.37. The lowest BCUT2D eigenvalue weighted by Gasteiger charge is -2.13. The summed E-state index contributed by atoms with van der Waals surface area (Å²) in [6.07, 6.45) is 0. The van der Waals surface area contributed by atoms with Crippen molar-refractivity contribution in [1.82, 2.24) is 0 Å². The van der Waals surface area contributed by atoms with Crippen molar-refractivity contribution in [3.8, 4) is 0 Å². The molecule has 3 heteroatoms. The minimum absolute atomic E-state index is 0.0972. The topological polar surface area (TPSA) is 34.1 Å². The Bertz CT molecular complexity index is 763. The first-order valence-corrected chi connectivity index (χ1v) is 6.83. The molecule has 2 aromatic carbocycles. The number of carbonyl (C=O) groups excluding carboxylic acids is 2. The minimum atomic E-state index is -0.711. The van der Waals surface area contributed by atoms with Crippen molar-refractivity contribution in [2.24, 2.45) is 0 Å². The Morgan fingerprint density at radius 3 is 2.00 bits per heavy atom. The third-order valence-electron chi connectivity index (χ3n) is 4.04. The van der Waals surface area contributed by atoms with E-state index in [9.17, 15) is 9.59 Å². The zero-order valence-corrected chi connectivity index (χ0v) is 12.0. The molecule has 0 N–H and O–H groups in total. The number of halogens is 1. The van der Waals surface area contributed by atoms with Gasteiger partial charge in [0.15, 0.2) is 11.6 Å². The third-order valence-corrected chi connectivity index (χ3v) is 4.37. The molecule has 20 heavy (non-hydrogen) atoms. The SMILES string of the molecule is CC1=C(C)C(=O)C(c2ccc(Cl)c3ccccc23)C1=O. The summed E-state index contributed by atoms with van der Waals surface area (Å²) in [7, 11) is 0. The number of fused-ring (bicyclic) bond motifs is 1. The average Bonchev–Trinajstić information content (AvgIpc) is 2.65. The van der Waals surface area contributed by atoms with Crippen molar-refractivity contribution in [2.75, 3.05) is 0 Å². The van der Waals surface area contributed by atoms with E-state index >= 15 is 0 Å². The molecule has 0 amide bonds. The van der Waals surface area contributed by atoms with Crippen molar-refractivity contribution < 1.29 is 9.59 Å². The zero-order chi connectivity index (χ0) is 14.4. The number of carbonyl (C=O) groups is 2. The molecule has 0 aliphatic heterocycles. The number of hydrogen-bond acceptors (Lipinski definition) is 2. The first kappa shape index (κ1) is 13.1. The van der Waals surface area contributed by atoms with Crippen molar-refractivity contribution >= 4 is 33.9 Å². The van der Waals surface area contributed by atoms with E-state index in [4.69, 9.17) is 11.6 Å². The predicted octanol–water partition coefficient (Wildman–Crippen LogP) is 4.07. The largest absolute Gasteiger partial charge is 0.293 e. The predicted molar refractivity (Wildman–Crippen MR) is 80.1 cm³/mol. The fourth-order valence-electron chi connectivity index (χ4n) is 2.74. The van der Waals surface area contributed by atoms with Crippen molar-refractivity contribution in [1.29, 1.82) is 0 Å². The van der Waals surface area contributed by atoms with Crippen LogP contribution in [0.4, 0.5) is 0 Å². The lowest BCUT2D eigenvalue weighted by atomic mass is 9.89. The average molecular weight is 285 g/mol. The lowest BCUT2D eigenvalue weighted by Crippen LogP contribution is -2.15. The van der Waals surface area contributed by atoms with Gasteiger partial charge in [0.2, 0.25) is 0 Å². The highest BCUT2D eigenvalue weighted by Crippen LogP contribution is 2.37. The molecule has 0 heterocycles. The summed E-state index contributed by atoms with van der Waals surface area (Å²) >= 11 is 6.19. The van der Waals surface area contributed by atoms with Crippen molar-refractivity contribution in [2.45, 2.75) is 19.8 Å². The maximum atomic E-state index is 12.3. The van der Waals surface area contributed by atoms with Crippen molar-refractivity contribution in [3.63, 3.8) is 0 Å². The molecule has 2 aromatic rings. The summed E-state index contributed by atoms with van der Waals surface area (Å²) in [5.74, 6) is -0.905. The van der Waals surface area contributed by atoms with Crippen molar-refractivity contribution in [3.05, 3.63) is 58.1 Å². The molecular formula is C17H13ClO2. The molecule has 100 valence electrons. The summed E-state index contributed by atoms with van der Waals surface area (Å²) in [5.41, 5.74) is 1.88. The van der Waals surface area contributed by atoms with Gasteiger partial charge in [-0.15, -0.1) is 0 Å². The van der Waals surface area contributed by atoms with E-state index in [2.05, 4.69) is 0 Å². The van der Waals surface area contributed by atoms with Crippen LogP contribution in [-0.4, -0.2) is 11.6 Å². The smallest absolute Gasteiger partial charge is 0.174 e. The van der Waals surface area contributed by atoms with Gasteiger partial charge >= 0.3 is 0 Å². The fourth-order valence-corrected chi connectivity index (χ4v) is 2.97. The van der Waals surface area contributed by atoms with Crippen LogP contribution in [0.2, 0.25) is 5.02 Å². The van der Waals surface area contributed by atoms with E-state index < -0.39 is 5.92 Å². The van der Waals surface area contributed by atoms with E-state index in [1.54, 1.807) is 26.0 Å². The summed E-state index contributed by atoms with van der Waals surface area (Å²) < 4.78 is 0. The summed E-state index contributed by atoms with van der Waals surface area (Å²) in [4.78, 5) is 24.7. The Kier molecular flexibility index (Phi) is 2.98. The molecule has 0 saturated heterocycles. The van der Waals surface area contributed by atoms with E-state index in [0.29, 0.717) is 16.2 Å². The fraction of sp³-hybridized carbons (Fsp3) is 0.176. The molecule has 0 fully saturated rings. The van der Waals surface area contributed by atoms with Gasteiger partial charge < -0.3 is 0 Å². The molecule has 3 rings (SSSR count). The molecule has 0 spiro atoms. The molecule has 2 nitrogen and oxygen atoms in total. The molecule has 1 aliphatic rings. The van der Waals surface area contributed by atoms with Crippen LogP contribution in [0.25, 0.3) is 10.8 Å². The lowest BCUT2D eigenvalue weighted by molar-refractivity contribution is -0.123. The van der Waals surface area contributed by atoms with Gasteiger partial charge in [0.25, 0.3) is 0 Å². The molecule has 0 aromatic heterocycles. The Balaban J connectivity index is 2.25. The number of benzene rings is 2. The Labute approximate surface area is 122 Å². The van der Waals surface area contributed by atoms with Crippen LogP contribution >= 0.6 is 11.6 Å². The first-order chi connectivity index (χ1) is 9.52. The van der Waals surface area contributed by atoms with Crippen LogP contribution in [0.1, 0.15) is 25.3 Å². The van der Waals surface area contributed by atoms with Gasteiger partial charge in [-0.1, -0.05) is 41.9 Å². The second-order valence-corrected chi connectivity index (χ2v) is 5.50. The second-order valence-electron chi connectivity index (χ2n) is 5.09. The van der Waals surface area contributed by atoms with Gasteiger partial charge in [0.1, 0.15) is 5.92 Å². The Morgan fingerprint density at radius 1 is 0.850 bits per heavy atom. The number of rotatable bonds is 1. The molecule has 0 unspecified atom stereocenters. The standard InChI is InChI=1S/C17H13ClO2/c1-9-10(2)17(20)15(16(9)19)13-7-8-14(18)12-6-4-3-5-11(12)13/h3-8,15H,1-2H3. The van der Waals surface area contributed by atoms with Gasteiger partial charge in [-0.3, -0.25) is 9.59 Å². The van der Waals surface area contributed by atoms with E-state index in [-0.39, 0.29) is 11.6 Å². The van der Waals surface area contributed by atoms with Crippen LogP contribution in [0, 0.1) is 0 Å². The Hall–Kier alpha value is -1.93. The molecule has 0 saturated carbocycles. The second kappa shape index (κ2) is 4.57. The zero-order valence-electron chi connectivity index (χ0n) is 11.2. The third kappa shape index (κ3) is 1.72. The Morgan fingerprint density at radius 2 is 1.40 bits per heavy atom. The van der Waals surface area contributed by atoms with Crippen LogP contribution < -0.4 is 0 Å². The summed E-state index contributed by atoms with van der Waals surface area (Å²) in [6.45, 7) is 3.43. The van der Waals surface area contributed by atoms with E-state index in [0.717, 1.165) is 16.3 Å². The summed E-state index contributed by atoms with van der Waals surface area (Å²) in [6, 6.07) is 11.1. The number of ketones is 2. The highest BCUT2D eigenvalue weighted by molar-refractivity contribution is 6.36.